The zero-order valence-electron chi connectivity index (χ0n) is 7.20. The first kappa shape index (κ1) is 9.29. The molecule has 0 aromatic heterocycles. The van der Waals surface area contributed by atoms with Crippen LogP contribution in [0.2, 0.25) is 0 Å². The Morgan fingerprint density at radius 3 is 2.67 bits per heavy atom. The summed E-state index contributed by atoms with van der Waals surface area (Å²) in [5.41, 5.74) is 0. The zero-order valence-corrected chi connectivity index (χ0v) is 7.20. The Kier molecular flexibility index (Phi) is 3.84. The lowest BCUT2D eigenvalue weighted by Gasteiger charge is -2.06. The van der Waals surface area contributed by atoms with Crippen molar-refractivity contribution in [3.63, 3.8) is 0 Å². The minimum atomic E-state index is -0.714. The highest BCUT2D eigenvalue weighted by atomic mass is 16.9. The lowest BCUT2D eigenvalue weighted by Crippen LogP contribution is -2.03. The molecular weight excluding hydrogens is 158 g/mol. The van der Waals surface area contributed by atoms with Crippen molar-refractivity contribution in [1.82, 2.24) is 0 Å². The standard InChI is InChI=1S/C8H15NO3/c10-9(11)12-7-3-6-8-4-1-2-5-8/h8H,1-7H2. The largest absolute Gasteiger partial charge is 0.314 e. The van der Waals surface area contributed by atoms with Crippen LogP contribution in [0.4, 0.5) is 0 Å². The fourth-order valence-corrected chi connectivity index (χ4v) is 1.81. The van der Waals surface area contributed by atoms with Crippen LogP contribution in [0.15, 0.2) is 0 Å². The third kappa shape index (κ3) is 3.55. The summed E-state index contributed by atoms with van der Waals surface area (Å²) in [6.07, 6.45) is 7.19. The summed E-state index contributed by atoms with van der Waals surface area (Å²) < 4.78 is 0. The highest BCUT2D eigenvalue weighted by Gasteiger charge is 2.14. The smallest absolute Gasteiger partial charge is 0.294 e. The van der Waals surface area contributed by atoms with Gasteiger partial charge in [0.05, 0.1) is 6.61 Å². The van der Waals surface area contributed by atoms with E-state index in [0.29, 0.717) is 0 Å². The van der Waals surface area contributed by atoms with Gasteiger partial charge < -0.3 is 4.84 Å². The summed E-state index contributed by atoms with van der Waals surface area (Å²) in [5, 5.41) is 9.07. The molecule has 1 aliphatic carbocycles. The summed E-state index contributed by atoms with van der Waals surface area (Å²) in [5.74, 6) is 0.806. The third-order valence-electron chi connectivity index (χ3n) is 2.43. The van der Waals surface area contributed by atoms with Gasteiger partial charge in [0.15, 0.2) is 0 Å². The van der Waals surface area contributed by atoms with Gasteiger partial charge in [-0.15, -0.1) is 10.1 Å². The molecule has 0 bridgehead atoms. The van der Waals surface area contributed by atoms with Crippen molar-refractivity contribution >= 4 is 0 Å². The average molecular weight is 173 g/mol. The minimum absolute atomic E-state index is 0.267. The summed E-state index contributed by atoms with van der Waals surface area (Å²) in [6, 6.07) is 0. The number of hydrogen-bond donors (Lipinski definition) is 0. The molecule has 70 valence electrons. The van der Waals surface area contributed by atoms with Gasteiger partial charge in [0.25, 0.3) is 5.09 Å². The molecule has 0 unspecified atom stereocenters. The maximum absolute atomic E-state index is 9.78. The molecule has 0 radical (unpaired) electrons. The molecule has 1 saturated carbocycles. The molecule has 0 spiro atoms. The maximum Gasteiger partial charge on any atom is 0.294 e. The van der Waals surface area contributed by atoms with Crippen LogP contribution in [-0.4, -0.2) is 11.7 Å². The van der Waals surface area contributed by atoms with Crippen LogP contribution in [0.25, 0.3) is 0 Å². The van der Waals surface area contributed by atoms with Gasteiger partial charge in [-0.3, -0.25) is 0 Å². The molecule has 12 heavy (non-hydrogen) atoms. The fraction of sp³-hybridized carbons (Fsp3) is 1.00. The molecule has 0 amide bonds. The van der Waals surface area contributed by atoms with Crippen molar-refractivity contribution in [2.24, 2.45) is 5.92 Å². The minimum Gasteiger partial charge on any atom is -0.314 e. The molecule has 4 heteroatoms. The Morgan fingerprint density at radius 1 is 1.42 bits per heavy atom. The van der Waals surface area contributed by atoms with Gasteiger partial charge in [-0.25, -0.2) is 0 Å². The fourth-order valence-electron chi connectivity index (χ4n) is 1.81. The zero-order chi connectivity index (χ0) is 8.81. The third-order valence-corrected chi connectivity index (χ3v) is 2.43. The van der Waals surface area contributed by atoms with E-state index in [1.165, 1.54) is 25.7 Å². The lowest BCUT2D eigenvalue weighted by molar-refractivity contribution is -0.757. The number of nitrogens with zero attached hydrogens (tertiary/aromatic N) is 1. The van der Waals surface area contributed by atoms with E-state index in [2.05, 4.69) is 4.84 Å². The Bertz CT molecular complexity index is 143. The second kappa shape index (κ2) is 4.95. The van der Waals surface area contributed by atoms with Gasteiger partial charge in [0.2, 0.25) is 0 Å². The van der Waals surface area contributed by atoms with E-state index in [4.69, 9.17) is 0 Å². The van der Waals surface area contributed by atoms with Crippen LogP contribution in [-0.2, 0) is 4.84 Å². The van der Waals surface area contributed by atoms with Crippen LogP contribution < -0.4 is 0 Å². The first-order valence-electron chi connectivity index (χ1n) is 4.56. The maximum atomic E-state index is 9.78. The summed E-state index contributed by atoms with van der Waals surface area (Å²) >= 11 is 0. The molecule has 4 nitrogen and oxygen atoms in total. The quantitative estimate of drug-likeness (QED) is 0.363. The van der Waals surface area contributed by atoms with E-state index in [1.54, 1.807) is 0 Å². The molecule has 0 aromatic rings. The summed E-state index contributed by atoms with van der Waals surface area (Å²) in [6.45, 7) is 0.267. The first-order valence-corrected chi connectivity index (χ1v) is 4.56. The molecule has 1 rings (SSSR count). The van der Waals surface area contributed by atoms with E-state index in [1.807, 2.05) is 0 Å². The van der Waals surface area contributed by atoms with Gasteiger partial charge in [0, 0.05) is 0 Å². The average Bonchev–Trinajstić information content (AvgIpc) is 2.49. The van der Waals surface area contributed by atoms with Crippen LogP contribution in [0.1, 0.15) is 38.5 Å². The molecule has 0 N–H and O–H groups in total. The number of hydrogen-bond acceptors (Lipinski definition) is 3. The van der Waals surface area contributed by atoms with E-state index in [9.17, 15) is 10.1 Å². The molecule has 1 fully saturated rings. The SMILES string of the molecule is O=[N+]([O-])OCCCC1CCCC1. The van der Waals surface area contributed by atoms with Crippen molar-refractivity contribution in [3.8, 4) is 0 Å². The molecule has 0 atom stereocenters. The number of rotatable bonds is 5. The van der Waals surface area contributed by atoms with E-state index < -0.39 is 5.09 Å². The van der Waals surface area contributed by atoms with E-state index in [0.717, 1.165) is 18.8 Å². The van der Waals surface area contributed by atoms with Crippen LogP contribution in [0.5, 0.6) is 0 Å². The molecule has 0 aromatic carbocycles. The van der Waals surface area contributed by atoms with Crippen molar-refractivity contribution in [1.29, 1.82) is 0 Å². The summed E-state index contributed by atoms with van der Waals surface area (Å²) in [7, 11) is 0. The van der Waals surface area contributed by atoms with Crippen molar-refractivity contribution in [3.05, 3.63) is 10.1 Å². The molecular formula is C8H15NO3. The lowest BCUT2D eigenvalue weighted by atomic mass is 10.0. The van der Waals surface area contributed by atoms with E-state index >= 15 is 0 Å². The predicted molar refractivity (Wildman–Crippen MR) is 44.1 cm³/mol. The first-order chi connectivity index (χ1) is 5.79. The molecule has 0 saturated heterocycles. The van der Waals surface area contributed by atoms with Crippen LogP contribution >= 0.6 is 0 Å². The Morgan fingerprint density at radius 2 is 2.08 bits per heavy atom. The van der Waals surface area contributed by atoms with Crippen LogP contribution in [0.3, 0.4) is 0 Å². The Balaban J connectivity index is 1.91. The van der Waals surface area contributed by atoms with Gasteiger partial charge in [0.1, 0.15) is 0 Å². The molecule has 0 aliphatic heterocycles. The van der Waals surface area contributed by atoms with E-state index in [-0.39, 0.29) is 6.61 Å². The Labute approximate surface area is 72.0 Å². The second-order valence-corrected chi connectivity index (χ2v) is 3.35. The highest BCUT2D eigenvalue weighted by molar-refractivity contribution is 4.66. The highest BCUT2D eigenvalue weighted by Crippen LogP contribution is 2.28. The van der Waals surface area contributed by atoms with Crippen LogP contribution in [0, 0.1) is 16.0 Å². The topological polar surface area (TPSA) is 52.4 Å². The van der Waals surface area contributed by atoms with Gasteiger partial charge >= 0.3 is 0 Å². The normalized spacial score (nSPS) is 18.0. The monoisotopic (exact) mass is 173 g/mol. The van der Waals surface area contributed by atoms with Crippen molar-refractivity contribution in [2.75, 3.05) is 6.61 Å². The van der Waals surface area contributed by atoms with Crippen molar-refractivity contribution in [2.45, 2.75) is 38.5 Å². The summed E-state index contributed by atoms with van der Waals surface area (Å²) in [4.78, 5) is 14.0. The van der Waals surface area contributed by atoms with Gasteiger partial charge in [-0.2, -0.15) is 0 Å². The van der Waals surface area contributed by atoms with Crippen molar-refractivity contribution < 1.29 is 9.92 Å². The van der Waals surface area contributed by atoms with Gasteiger partial charge in [-0.1, -0.05) is 25.7 Å². The second-order valence-electron chi connectivity index (χ2n) is 3.35. The predicted octanol–water partition coefficient (Wildman–Crippen LogP) is 2.17. The molecule has 0 heterocycles. The Hall–Kier alpha value is -0.800. The van der Waals surface area contributed by atoms with Gasteiger partial charge in [-0.05, 0) is 18.8 Å². The molecule has 1 aliphatic rings.